The molecule has 2 heteroatoms. The summed E-state index contributed by atoms with van der Waals surface area (Å²) < 4.78 is 0. The molecule has 1 nitrogen and oxygen atoms in total. The molecule has 1 atom stereocenters. The molecule has 0 amide bonds. The van der Waals surface area contributed by atoms with Gasteiger partial charge in [-0.15, -0.1) is 0 Å². The summed E-state index contributed by atoms with van der Waals surface area (Å²) >= 11 is 5.92. The van der Waals surface area contributed by atoms with Crippen LogP contribution in [0.4, 0.5) is 0 Å². The van der Waals surface area contributed by atoms with Crippen LogP contribution in [0.3, 0.4) is 0 Å². The van der Waals surface area contributed by atoms with Crippen molar-refractivity contribution in [1.82, 2.24) is 0 Å². The molecule has 0 saturated heterocycles. The fourth-order valence-corrected chi connectivity index (χ4v) is 1.37. The minimum atomic E-state index is 0.274. The van der Waals surface area contributed by atoms with Crippen LogP contribution in [-0.2, 0) is 6.42 Å². The zero-order valence-electron chi connectivity index (χ0n) is 8.18. The minimum Gasteiger partial charge on any atom is -0.328 e. The van der Waals surface area contributed by atoms with E-state index >= 15 is 0 Å². The third-order valence-electron chi connectivity index (χ3n) is 2.11. The topological polar surface area (TPSA) is 26.0 Å². The van der Waals surface area contributed by atoms with Crippen LogP contribution in [-0.4, -0.2) is 6.04 Å². The van der Waals surface area contributed by atoms with Crippen molar-refractivity contribution in [2.24, 2.45) is 5.73 Å². The maximum Gasteiger partial charge on any atom is 0.0435 e. The summed E-state index contributed by atoms with van der Waals surface area (Å²) in [5.74, 6) is 0. The molecule has 0 aliphatic carbocycles. The zero-order chi connectivity index (χ0) is 9.84. The highest BCUT2D eigenvalue weighted by molar-refractivity contribution is 6.31. The molecule has 0 saturated carbocycles. The Morgan fingerprint density at radius 3 is 2.69 bits per heavy atom. The third-order valence-corrected chi connectivity index (χ3v) is 2.53. The first-order valence-corrected chi connectivity index (χ1v) is 4.98. The van der Waals surface area contributed by atoms with Gasteiger partial charge >= 0.3 is 0 Å². The molecule has 0 aliphatic rings. The Kier molecular flexibility index (Phi) is 3.76. The van der Waals surface area contributed by atoms with Crippen LogP contribution in [0.15, 0.2) is 18.2 Å². The lowest BCUT2D eigenvalue weighted by Crippen LogP contribution is -2.15. The first-order valence-electron chi connectivity index (χ1n) is 4.60. The second kappa shape index (κ2) is 4.64. The van der Waals surface area contributed by atoms with Crippen LogP contribution in [0.2, 0.25) is 5.02 Å². The van der Waals surface area contributed by atoms with E-state index in [-0.39, 0.29) is 6.04 Å². The minimum absolute atomic E-state index is 0.274. The molecule has 0 unspecified atom stereocenters. The number of rotatable bonds is 3. The highest BCUT2D eigenvalue weighted by Crippen LogP contribution is 2.17. The average molecular weight is 198 g/mol. The van der Waals surface area contributed by atoms with Crippen molar-refractivity contribution in [3.8, 4) is 0 Å². The molecule has 0 fully saturated rings. The number of benzene rings is 1. The predicted octanol–water partition coefficient (Wildman–Crippen LogP) is 2.93. The Bertz CT molecular complexity index is 281. The van der Waals surface area contributed by atoms with E-state index < -0.39 is 0 Å². The Morgan fingerprint density at radius 1 is 1.46 bits per heavy atom. The second-order valence-electron chi connectivity index (χ2n) is 3.60. The molecule has 0 heterocycles. The smallest absolute Gasteiger partial charge is 0.0435 e. The van der Waals surface area contributed by atoms with Crippen LogP contribution >= 0.6 is 11.6 Å². The van der Waals surface area contributed by atoms with Gasteiger partial charge in [-0.25, -0.2) is 0 Å². The molecule has 13 heavy (non-hydrogen) atoms. The summed E-state index contributed by atoms with van der Waals surface area (Å²) in [4.78, 5) is 0. The van der Waals surface area contributed by atoms with Crippen molar-refractivity contribution in [3.63, 3.8) is 0 Å². The van der Waals surface area contributed by atoms with E-state index in [2.05, 4.69) is 12.1 Å². The van der Waals surface area contributed by atoms with E-state index in [1.165, 1.54) is 5.56 Å². The van der Waals surface area contributed by atoms with Gasteiger partial charge in [-0.2, -0.15) is 0 Å². The highest BCUT2D eigenvalue weighted by atomic mass is 35.5. The molecule has 1 rings (SSSR count). The standard InChI is InChI=1S/C11H16ClN/c1-8-7-10(4-3-9(2)13)5-6-11(8)12/h5-7,9H,3-4,13H2,1-2H3/t9-/m0/s1. The lowest BCUT2D eigenvalue weighted by molar-refractivity contribution is 0.666. The van der Waals surface area contributed by atoms with Gasteiger partial charge in [-0.3, -0.25) is 0 Å². The highest BCUT2D eigenvalue weighted by Gasteiger charge is 1.99. The van der Waals surface area contributed by atoms with Gasteiger partial charge in [0, 0.05) is 11.1 Å². The van der Waals surface area contributed by atoms with Gasteiger partial charge in [0.2, 0.25) is 0 Å². The van der Waals surface area contributed by atoms with Crippen LogP contribution in [0.1, 0.15) is 24.5 Å². The van der Waals surface area contributed by atoms with Gasteiger partial charge in [0.1, 0.15) is 0 Å². The summed E-state index contributed by atoms with van der Waals surface area (Å²) in [7, 11) is 0. The number of hydrogen-bond donors (Lipinski definition) is 1. The Labute approximate surface area is 84.9 Å². The van der Waals surface area contributed by atoms with Crippen LogP contribution < -0.4 is 5.73 Å². The Hall–Kier alpha value is -0.530. The SMILES string of the molecule is Cc1cc(CC[C@H](C)N)ccc1Cl. The van der Waals surface area contributed by atoms with Gasteiger partial charge < -0.3 is 5.73 Å². The van der Waals surface area contributed by atoms with Gasteiger partial charge in [-0.05, 0) is 43.9 Å². The lowest BCUT2D eigenvalue weighted by Gasteiger charge is -2.06. The molecule has 72 valence electrons. The van der Waals surface area contributed by atoms with Crippen LogP contribution in [0.5, 0.6) is 0 Å². The first kappa shape index (κ1) is 10.6. The van der Waals surface area contributed by atoms with E-state index in [0.717, 1.165) is 23.4 Å². The van der Waals surface area contributed by atoms with E-state index in [1.807, 2.05) is 19.9 Å². The van der Waals surface area contributed by atoms with E-state index in [1.54, 1.807) is 0 Å². The maximum absolute atomic E-state index is 5.92. The van der Waals surface area contributed by atoms with E-state index in [4.69, 9.17) is 17.3 Å². The van der Waals surface area contributed by atoms with Gasteiger partial charge in [-0.1, -0.05) is 23.7 Å². The fraction of sp³-hybridized carbons (Fsp3) is 0.455. The zero-order valence-corrected chi connectivity index (χ0v) is 8.93. The van der Waals surface area contributed by atoms with Crippen molar-refractivity contribution in [1.29, 1.82) is 0 Å². The molecule has 0 radical (unpaired) electrons. The van der Waals surface area contributed by atoms with E-state index in [9.17, 15) is 0 Å². The number of nitrogens with two attached hydrogens (primary N) is 1. The van der Waals surface area contributed by atoms with Gasteiger partial charge in [0.05, 0.1) is 0 Å². The Balaban J connectivity index is 2.63. The van der Waals surface area contributed by atoms with Crippen molar-refractivity contribution < 1.29 is 0 Å². The summed E-state index contributed by atoms with van der Waals surface area (Å²) in [5, 5.41) is 0.838. The molecule has 1 aromatic carbocycles. The summed E-state index contributed by atoms with van der Waals surface area (Å²) in [6, 6.07) is 6.42. The molecule has 0 aromatic heterocycles. The fourth-order valence-electron chi connectivity index (χ4n) is 1.26. The number of halogens is 1. The van der Waals surface area contributed by atoms with Crippen molar-refractivity contribution in [2.75, 3.05) is 0 Å². The normalized spacial score (nSPS) is 12.9. The summed E-state index contributed by atoms with van der Waals surface area (Å²) in [5.41, 5.74) is 8.14. The molecule has 2 N–H and O–H groups in total. The van der Waals surface area contributed by atoms with Crippen LogP contribution in [0, 0.1) is 6.92 Å². The number of hydrogen-bond acceptors (Lipinski definition) is 1. The molecular formula is C11H16ClN. The molecular weight excluding hydrogens is 182 g/mol. The van der Waals surface area contributed by atoms with Gasteiger partial charge in [0.25, 0.3) is 0 Å². The Morgan fingerprint density at radius 2 is 2.15 bits per heavy atom. The van der Waals surface area contributed by atoms with Crippen molar-refractivity contribution in [2.45, 2.75) is 32.7 Å². The lowest BCUT2D eigenvalue weighted by atomic mass is 10.0. The first-order chi connectivity index (χ1) is 6.09. The second-order valence-corrected chi connectivity index (χ2v) is 4.01. The van der Waals surface area contributed by atoms with Gasteiger partial charge in [0.15, 0.2) is 0 Å². The monoisotopic (exact) mass is 197 g/mol. The molecule has 0 aliphatic heterocycles. The predicted molar refractivity (Wildman–Crippen MR) is 58.2 cm³/mol. The summed E-state index contributed by atoms with van der Waals surface area (Å²) in [6.45, 7) is 4.06. The average Bonchev–Trinajstić information content (AvgIpc) is 2.07. The number of aryl methyl sites for hydroxylation is 2. The molecule has 1 aromatic rings. The maximum atomic E-state index is 5.92. The quantitative estimate of drug-likeness (QED) is 0.793. The van der Waals surface area contributed by atoms with Crippen molar-refractivity contribution >= 4 is 11.6 Å². The summed E-state index contributed by atoms with van der Waals surface area (Å²) in [6.07, 6.45) is 2.07. The van der Waals surface area contributed by atoms with Crippen molar-refractivity contribution in [3.05, 3.63) is 34.3 Å². The molecule has 0 bridgehead atoms. The largest absolute Gasteiger partial charge is 0.328 e. The van der Waals surface area contributed by atoms with Crippen LogP contribution in [0.25, 0.3) is 0 Å². The van der Waals surface area contributed by atoms with E-state index in [0.29, 0.717) is 0 Å². The molecule has 0 spiro atoms. The third kappa shape index (κ3) is 3.37.